The first-order valence-corrected chi connectivity index (χ1v) is 8.14. The van der Waals surface area contributed by atoms with Crippen LogP contribution in [0.15, 0.2) is 34.9 Å². The molecule has 3 aromatic rings. The highest BCUT2D eigenvalue weighted by Gasteiger charge is 2.21. The quantitative estimate of drug-likeness (QED) is 0.665. The van der Waals surface area contributed by atoms with Crippen molar-refractivity contribution in [1.82, 2.24) is 14.9 Å². The lowest BCUT2D eigenvalue weighted by Crippen LogP contribution is -2.09. The van der Waals surface area contributed by atoms with Crippen LogP contribution in [0.3, 0.4) is 0 Å². The standard InChI is InChI=1S/C19H21N3O3/c1-12-17(15(4)25-21-12)11-24-19(23)18-13(2)20-22(14(18)3)10-16-8-6-5-7-9-16/h5-9H,10-11H2,1-4H3. The maximum atomic E-state index is 12.5. The number of ether oxygens (including phenoxy) is 1. The van der Waals surface area contributed by atoms with Crippen molar-refractivity contribution in [3.05, 3.63) is 69.9 Å². The number of hydrogen-bond acceptors (Lipinski definition) is 5. The van der Waals surface area contributed by atoms with Gasteiger partial charge in [-0.25, -0.2) is 4.79 Å². The Morgan fingerprint density at radius 1 is 1.12 bits per heavy atom. The predicted octanol–water partition coefficient (Wildman–Crippen LogP) is 3.51. The van der Waals surface area contributed by atoms with E-state index in [1.54, 1.807) is 6.92 Å². The lowest BCUT2D eigenvalue weighted by Gasteiger charge is -2.06. The molecule has 0 aliphatic carbocycles. The fourth-order valence-electron chi connectivity index (χ4n) is 2.82. The molecule has 0 amide bonds. The molecule has 0 saturated heterocycles. The third kappa shape index (κ3) is 3.47. The van der Waals surface area contributed by atoms with Crippen LogP contribution in [0.5, 0.6) is 0 Å². The topological polar surface area (TPSA) is 70.2 Å². The van der Waals surface area contributed by atoms with E-state index in [9.17, 15) is 4.79 Å². The van der Waals surface area contributed by atoms with Crippen molar-refractivity contribution in [2.45, 2.75) is 40.8 Å². The Balaban J connectivity index is 1.77. The van der Waals surface area contributed by atoms with Gasteiger partial charge in [0, 0.05) is 0 Å². The monoisotopic (exact) mass is 339 g/mol. The lowest BCUT2D eigenvalue weighted by atomic mass is 10.2. The van der Waals surface area contributed by atoms with Gasteiger partial charge in [-0.1, -0.05) is 35.5 Å². The summed E-state index contributed by atoms with van der Waals surface area (Å²) in [6, 6.07) is 10.0. The molecule has 25 heavy (non-hydrogen) atoms. The minimum absolute atomic E-state index is 0.142. The van der Waals surface area contributed by atoms with Gasteiger partial charge in [0.15, 0.2) is 0 Å². The van der Waals surface area contributed by atoms with Crippen molar-refractivity contribution < 1.29 is 14.1 Å². The number of aryl methyl sites for hydroxylation is 3. The van der Waals surface area contributed by atoms with Crippen molar-refractivity contribution in [2.75, 3.05) is 0 Å². The molecule has 0 bridgehead atoms. The first-order valence-electron chi connectivity index (χ1n) is 8.14. The zero-order chi connectivity index (χ0) is 18.0. The van der Waals surface area contributed by atoms with Crippen molar-refractivity contribution in [2.24, 2.45) is 0 Å². The summed E-state index contributed by atoms with van der Waals surface area (Å²) in [6.07, 6.45) is 0. The average Bonchev–Trinajstić information content (AvgIpc) is 3.05. The minimum atomic E-state index is -0.380. The smallest absolute Gasteiger partial charge is 0.342 e. The summed E-state index contributed by atoms with van der Waals surface area (Å²) in [5, 5.41) is 8.36. The van der Waals surface area contributed by atoms with E-state index in [4.69, 9.17) is 9.26 Å². The van der Waals surface area contributed by atoms with Gasteiger partial charge in [0.05, 0.1) is 29.2 Å². The molecule has 3 rings (SSSR count). The first-order chi connectivity index (χ1) is 12.0. The maximum Gasteiger partial charge on any atom is 0.342 e. The highest BCUT2D eigenvalue weighted by molar-refractivity contribution is 5.91. The van der Waals surface area contributed by atoms with E-state index in [1.165, 1.54) is 0 Å². The summed E-state index contributed by atoms with van der Waals surface area (Å²) in [5.74, 6) is 0.285. The maximum absolute atomic E-state index is 12.5. The van der Waals surface area contributed by atoms with E-state index in [2.05, 4.69) is 10.3 Å². The van der Waals surface area contributed by atoms with Crippen LogP contribution in [0.2, 0.25) is 0 Å². The number of esters is 1. The zero-order valence-electron chi connectivity index (χ0n) is 14.9. The van der Waals surface area contributed by atoms with Crippen LogP contribution in [-0.4, -0.2) is 20.9 Å². The van der Waals surface area contributed by atoms with Gasteiger partial charge in [0.2, 0.25) is 0 Å². The lowest BCUT2D eigenvalue weighted by molar-refractivity contribution is 0.0469. The molecule has 6 nitrogen and oxygen atoms in total. The van der Waals surface area contributed by atoms with Crippen LogP contribution in [0.4, 0.5) is 0 Å². The number of carbonyl (C=O) groups excluding carboxylic acids is 1. The Kier molecular flexibility index (Phi) is 4.70. The molecule has 0 aliphatic rings. The van der Waals surface area contributed by atoms with Gasteiger partial charge >= 0.3 is 5.97 Å². The molecule has 0 atom stereocenters. The Bertz CT molecular complexity index is 875. The van der Waals surface area contributed by atoms with Gasteiger partial charge in [0.25, 0.3) is 0 Å². The molecule has 6 heteroatoms. The van der Waals surface area contributed by atoms with Crippen molar-refractivity contribution >= 4 is 5.97 Å². The molecule has 0 fully saturated rings. The molecule has 0 unspecified atom stereocenters. The highest BCUT2D eigenvalue weighted by Crippen LogP contribution is 2.19. The summed E-state index contributed by atoms with van der Waals surface area (Å²) < 4.78 is 12.4. The van der Waals surface area contributed by atoms with Gasteiger partial charge in [-0.15, -0.1) is 0 Å². The Hall–Kier alpha value is -2.89. The molecule has 0 aliphatic heterocycles. The first kappa shape index (κ1) is 17.0. The number of benzene rings is 1. The molecule has 130 valence electrons. The van der Waals surface area contributed by atoms with Gasteiger partial charge in [-0.3, -0.25) is 4.68 Å². The number of hydrogen-bond donors (Lipinski definition) is 0. The Morgan fingerprint density at radius 3 is 2.48 bits per heavy atom. The number of aromatic nitrogens is 3. The summed E-state index contributed by atoms with van der Waals surface area (Å²) >= 11 is 0. The molecule has 0 N–H and O–H groups in total. The molecule has 1 aromatic carbocycles. The normalized spacial score (nSPS) is 10.9. The van der Waals surface area contributed by atoms with Crippen molar-refractivity contribution in [3.8, 4) is 0 Å². The Labute approximate surface area is 146 Å². The van der Waals surface area contributed by atoms with Crippen molar-refractivity contribution in [3.63, 3.8) is 0 Å². The van der Waals surface area contributed by atoms with E-state index in [-0.39, 0.29) is 12.6 Å². The van der Waals surface area contributed by atoms with Gasteiger partial charge < -0.3 is 9.26 Å². The summed E-state index contributed by atoms with van der Waals surface area (Å²) in [4.78, 5) is 12.5. The fraction of sp³-hybridized carbons (Fsp3) is 0.316. The average molecular weight is 339 g/mol. The van der Waals surface area contributed by atoms with E-state index in [0.717, 1.165) is 22.5 Å². The number of rotatable bonds is 5. The van der Waals surface area contributed by atoms with Gasteiger partial charge in [-0.2, -0.15) is 5.10 Å². The fourth-order valence-corrected chi connectivity index (χ4v) is 2.82. The van der Waals surface area contributed by atoms with Crippen LogP contribution in [-0.2, 0) is 17.9 Å². The van der Waals surface area contributed by atoms with E-state index in [1.807, 2.05) is 55.8 Å². The molecule has 2 aromatic heterocycles. The van der Waals surface area contributed by atoms with Crippen LogP contribution in [0, 0.1) is 27.7 Å². The number of carbonyl (C=O) groups is 1. The van der Waals surface area contributed by atoms with Gasteiger partial charge in [-0.05, 0) is 33.3 Å². The molecule has 2 heterocycles. The Morgan fingerprint density at radius 2 is 1.84 bits per heavy atom. The largest absolute Gasteiger partial charge is 0.457 e. The minimum Gasteiger partial charge on any atom is -0.457 e. The SMILES string of the molecule is Cc1noc(C)c1COC(=O)c1c(C)nn(Cc2ccccc2)c1C. The molecule has 0 saturated carbocycles. The second kappa shape index (κ2) is 6.93. The van der Waals surface area contributed by atoms with Gasteiger partial charge in [0.1, 0.15) is 17.9 Å². The molecule has 0 spiro atoms. The second-order valence-corrected chi connectivity index (χ2v) is 6.07. The zero-order valence-corrected chi connectivity index (χ0v) is 14.9. The van der Waals surface area contributed by atoms with Crippen LogP contribution in [0.25, 0.3) is 0 Å². The summed E-state index contributed by atoms with van der Waals surface area (Å²) in [5.41, 5.74) is 4.65. The number of nitrogens with zero attached hydrogens (tertiary/aromatic N) is 3. The second-order valence-electron chi connectivity index (χ2n) is 6.07. The molecule has 0 radical (unpaired) electrons. The predicted molar refractivity (Wildman–Crippen MR) is 92.3 cm³/mol. The van der Waals surface area contributed by atoms with E-state index >= 15 is 0 Å². The van der Waals surface area contributed by atoms with Crippen LogP contribution in [0.1, 0.15) is 44.3 Å². The summed E-state index contributed by atoms with van der Waals surface area (Å²) in [7, 11) is 0. The third-order valence-electron chi connectivity index (χ3n) is 4.29. The van der Waals surface area contributed by atoms with Crippen LogP contribution < -0.4 is 0 Å². The third-order valence-corrected chi connectivity index (χ3v) is 4.29. The van der Waals surface area contributed by atoms with Crippen LogP contribution >= 0.6 is 0 Å². The van der Waals surface area contributed by atoms with E-state index < -0.39 is 0 Å². The van der Waals surface area contributed by atoms with E-state index in [0.29, 0.717) is 23.6 Å². The van der Waals surface area contributed by atoms with Crippen molar-refractivity contribution in [1.29, 1.82) is 0 Å². The highest BCUT2D eigenvalue weighted by atomic mass is 16.5. The summed E-state index contributed by atoms with van der Waals surface area (Å²) in [6.45, 7) is 8.09. The molecular formula is C19H21N3O3. The molecular weight excluding hydrogens is 318 g/mol.